The largest absolute Gasteiger partial charge is 0.482 e. The smallest absolute Gasteiger partial charge is 0.410 e. The number of rotatable bonds is 1. The molecule has 3 aliphatic heterocycles. The molecule has 5 rings (SSSR count). The number of hydrogen-bond acceptors (Lipinski definition) is 6. The Morgan fingerprint density at radius 3 is 2.20 bits per heavy atom. The maximum absolute atomic E-state index is 13.2. The highest BCUT2D eigenvalue weighted by Crippen LogP contribution is 2.52. The van der Waals surface area contributed by atoms with Crippen molar-refractivity contribution in [3.05, 3.63) is 35.0 Å². The molecule has 2 fully saturated rings. The lowest BCUT2D eigenvalue weighted by Crippen LogP contribution is -2.50. The zero-order chi connectivity index (χ0) is 30.1. The third-order valence-electron chi connectivity index (χ3n) is 8.34. The summed E-state index contributed by atoms with van der Waals surface area (Å²) in [5.74, 6) is 0.829. The normalized spacial score (nSPS) is 21.3. The lowest BCUT2D eigenvalue weighted by atomic mass is 9.79. The van der Waals surface area contributed by atoms with E-state index in [9.17, 15) is 9.59 Å². The van der Waals surface area contributed by atoms with E-state index in [2.05, 4.69) is 50.6 Å². The highest BCUT2D eigenvalue weighted by atomic mass is 16.6. The number of likely N-dealkylation sites (tertiary alicyclic amines) is 2. The van der Waals surface area contributed by atoms with E-state index in [1.165, 1.54) is 0 Å². The molecule has 9 heteroatoms. The topological polar surface area (TPSA) is 86.1 Å². The number of carbonyl (C=O) groups excluding carboxylic acids is 2. The average Bonchev–Trinajstić information content (AvgIpc) is 3.34. The van der Waals surface area contributed by atoms with E-state index in [0.717, 1.165) is 40.2 Å². The summed E-state index contributed by atoms with van der Waals surface area (Å²) in [4.78, 5) is 29.6. The van der Waals surface area contributed by atoms with Crippen molar-refractivity contribution in [3.63, 3.8) is 0 Å². The van der Waals surface area contributed by atoms with E-state index in [4.69, 9.17) is 19.3 Å². The Kier molecular flexibility index (Phi) is 6.90. The van der Waals surface area contributed by atoms with E-state index in [1.54, 1.807) is 4.90 Å². The molecule has 9 nitrogen and oxygen atoms in total. The maximum atomic E-state index is 13.2. The molecule has 1 spiro atoms. The minimum atomic E-state index is -0.601. The predicted octanol–water partition coefficient (Wildman–Crippen LogP) is 6.75. The van der Waals surface area contributed by atoms with Gasteiger partial charge in [0.2, 0.25) is 0 Å². The van der Waals surface area contributed by atoms with Crippen molar-refractivity contribution in [1.29, 1.82) is 0 Å². The van der Waals surface area contributed by atoms with Crippen molar-refractivity contribution in [2.45, 2.75) is 117 Å². The molecule has 1 aromatic heterocycles. The molecular formula is C32H46N4O5. The SMILES string of the molecule is Cc1ccc2c(c1)OC1(CCN(C(=O)OC(C)(C)C)CC1)c1c-2nn(C2CN(C(=O)OC(C)(C)C)C(C)(C)C2)c1C. The fourth-order valence-corrected chi connectivity index (χ4v) is 6.52. The lowest BCUT2D eigenvalue weighted by molar-refractivity contribution is -0.0220. The summed E-state index contributed by atoms with van der Waals surface area (Å²) in [5.41, 5.74) is 3.08. The molecule has 2 aromatic rings. The van der Waals surface area contributed by atoms with Gasteiger partial charge in [0.25, 0.3) is 0 Å². The van der Waals surface area contributed by atoms with Gasteiger partial charge in [-0.3, -0.25) is 4.68 Å². The quantitative estimate of drug-likeness (QED) is 0.380. The van der Waals surface area contributed by atoms with Crippen LogP contribution in [0.25, 0.3) is 11.3 Å². The van der Waals surface area contributed by atoms with Gasteiger partial charge in [0.1, 0.15) is 28.2 Å². The molecule has 0 N–H and O–H groups in total. The number of benzene rings is 1. The third-order valence-corrected chi connectivity index (χ3v) is 8.34. The molecule has 3 aliphatic rings. The fraction of sp³-hybridized carbons (Fsp3) is 0.656. The molecule has 41 heavy (non-hydrogen) atoms. The van der Waals surface area contributed by atoms with Gasteiger partial charge in [-0.25, -0.2) is 9.59 Å². The number of fused-ring (bicyclic) bond motifs is 4. The van der Waals surface area contributed by atoms with E-state index in [-0.39, 0.29) is 23.8 Å². The first-order valence-electron chi connectivity index (χ1n) is 14.8. The average molecular weight is 567 g/mol. The van der Waals surface area contributed by atoms with Gasteiger partial charge < -0.3 is 24.0 Å². The molecule has 1 unspecified atom stereocenters. The van der Waals surface area contributed by atoms with Crippen LogP contribution in [0.1, 0.15) is 97.5 Å². The van der Waals surface area contributed by atoms with Gasteiger partial charge in [0.05, 0.1) is 6.04 Å². The number of nitrogens with zero attached hydrogens (tertiary/aromatic N) is 4. The van der Waals surface area contributed by atoms with Crippen LogP contribution in [0.5, 0.6) is 5.75 Å². The molecule has 2 saturated heterocycles. The van der Waals surface area contributed by atoms with Crippen LogP contribution >= 0.6 is 0 Å². The number of carbonyl (C=O) groups is 2. The minimum absolute atomic E-state index is 0.00378. The van der Waals surface area contributed by atoms with E-state index >= 15 is 0 Å². The van der Waals surface area contributed by atoms with Crippen molar-refractivity contribution in [3.8, 4) is 17.0 Å². The van der Waals surface area contributed by atoms with Crippen molar-refractivity contribution in [1.82, 2.24) is 19.6 Å². The van der Waals surface area contributed by atoms with Crippen LogP contribution in [0.3, 0.4) is 0 Å². The Bertz CT molecular complexity index is 1360. The Morgan fingerprint density at radius 2 is 1.59 bits per heavy atom. The highest BCUT2D eigenvalue weighted by molar-refractivity contribution is 5.75. The minimum Gasteiger partial charge on any atom is -0.482 e. The molecule has 4 heterocycles. The number of aromatic nitrogens is 2. The first-order chi connectivity index (χ1) is 18.9. The number of ether oxygens (including phenoxy) is 3. The van der Waals surface area contributed by atoms with Crippen LogP contribution in [-0.2, 0) is 15.1 Å². The fourth-order valence-electron chi connectivity index (χ4n) is 6.52. The third kappa shape index (κ3) is 5.52. The van der Waals surface area contributed by atoms with Gasteiger partial charge in [-0.2, -0.15) is 5.10 Å². The first-order valence-corrected chi connectivity index (χ1v) is 14.8. The molecule has 0 bridgehead atoms. The van der Waals surface area contributed by atoms with Crippen LogP contribution < -0.4 is 4.74 Å². The Morgan fingerprint density at radius 1 is 0.976 bits per heavy atom. The molecule has 224 valence electrons. The summed E-state index contributed by atoms with van der Waals surface area (Å²) < 4.78 is 20.4. The molecule has 0 saturated carbocycles. The van der Waals surface area contributed by atoms with Gasteiger partial charge in [-0.1, -0.05) is 6.07 Å². The standard InChI is InChI=1S/C32H46N4O5/c1-20-11-12-23-24(17-20)39-32(13-15-34(16-14-32)27(37)40-29(3,4)5)25-21(2)36(33-26(23)25)22-18-31(9,10)35(19-22)28(38)41-30(6,7)8/h11-12,17,22H,13-16,18-19H2,1-10H3. The van der Waals surface area contributed by atoms with Crippen LogP contribution in [0.15, 0.2) is 18.2 Å². The molecule has 1 atom stereocenters. The summed E-state index contributed by atoms with van der Waals surface area (Å²) in [6.45, 7) is 21.3. The second-order valence-electron chi connectivity index (χ2n) is 14.6. The van der Waals surface area contributed by atoms with E-state index in [1.807, 2.05) is 46.4 Å². The van der Waals surface area contributed by atoms with Crippen molar-refractivity contribution in [2.24, 2.45) is 0 Å². The van der Waals surface area contributed by atoms with Crippen molar-refractivity contribution < 1.29 is 23.8 Å². The molecule has 0 radical (unpaired) electrons. The Balaban J connectivity index is 1.50. The first kappa shape index (κ1) is 29.3. The van der Waals surface area contributed by atoms with E-state index < -0.39 is 16.8 Å². The Labute approximate surface area is 244 Å². The van der Waals surface area contributed by atoms with Gasteiger partial charge >= 0.3 is 12.2 Å². The summed E-state index contributed by atoms with van der Waals surface area (Å²) >= 11 is 0. The van der Waals surface area contributed by atoms with E-state index in [0.29, 0.717) is 32.5 Å². The monoisotopic (exact) mass is 566 g/mol. The molecule has 0 aliphatic carbocycles. The molecular weight excluding hydrogens is 520 g/mol. The zero-order valence-electron chi connectivity index (χ0n) is 26.4. The van der Waals surface area contributed by atoms with Gasteiger partial charge in [-0.15, -0.1) is 0 Å². The predicted molar refractivity (Wildman–Crippen MR) is 157 cm³/mol. The number of piperidine rings is 1. The summed E-state index contributed by atoms with van der Waals surface area (Å²) in [7, 11) is 0. The van der Waals surface area contributed by atoms with Crippen molar-refractivity contribution >= 4 is 12.2 Å². The van der Waals surface area contributed by atoms with Gasteiger partial charge in [0, 0.05) is 54.8 Å². The second kappa shape index (κ2) is 9.66. The van der Waals surface area contributed by atoms with Crippen molar-refractivity contribution in [2.75, 3.05) is 19.6 Å². The lowest BCUT2D eigenvalue weighted by Gasteiger charge is -2.44. The number of amides is 2. The summed E-state index contributed by atoms with van der Waals surface area (Å²) in [6, 6.07) is 6.26. The van der Waals surface area contributed by atoms with Crippen LogP contribution in [0.4, 0.5) is 9.59 Å². The maximum Gasteiger partial charge on any atom is 0.410 e. The van der Waals surface area contributed by atoms with Crippen LogP contribution in [0, 0.1) is 13.8 Å². The number of hydrogen-bond donors (Lipinski definition) is 0. The molecule has 1 aromatic carbocycles. The second-order valence-corrected chi connectivity index (χ2v) is 14.6. The molecule has 2 amide bonds. The highest BCUT2D eigenvalue weighted by Gasteiger charge is 2.50. The summed E-state index contributed by atoms with van der Waals surface area (Å²) in [5, 5.41) is 5.24. The van der Waals surface area contributed by atoms with Crippen LogP contribution in [0.2, 0.25) is 0 Å². The van der Waals surface area contributed by atoms with Crippen LogP contribution in [-0.4, -0.2) is 68.1 Å². The van der Waals surface area contributed by atoms with Gasteiger partial charge in [-0.05, 0) is 93.4 Å². The Hall–Kier alpha value is -3.23. The number of aryl methyl sites for hydroxylation is 1. The summed E-state index contributed by atoms with van der Waals surface area (Å²) in [6.07, 6.45) is 1.45. The van der Waals surface area contributed by atoms with Gasteiger partial charge in [0.15, 0.2) is 0 Å². The zero-order valence-corrected chi connectivity index (χ0v) is 26.4.